The Balaban J connectivity index is 2.49. The topological polar surface area (TPSA) is 52.3 Å². The summed E-state index contributed by atoms with van der Waals surface area (Å²) in [6.07, 6.45) is 0. The minimum atomic E-state index is -2.82. The molecular formula is C7H12NO2PS. The molecule has 0 fully saturated rings. The van der Waals surface area contributed by atoms with Gasteiger partial charge < -0.3 is 4.52 Å². The molecule has 0 bridgehead atoms. The second kappa shape index (κ2) is 3.71. The van der Waals surface area contributed by atoms with Crippen molar-refractivity contribution < 1.29 is 9.09 Å². The van der Waals surface area contributed by atoms with Crippen molar-refractivity contribution in [2.75, 3.05) is 6.66 Å². The fourth-order valence-electron chi connectivity index (χ4n) is 0.754. The van der Waals surface area contributed by atoms with Crippen LogP contribution in [0.15, 0.2) is 12.1 Å². The summed E-state index contributed by atoms with van der Waals surface area (Å²) in [5, 5.41) is 0. The predicted octanol–water partition coefficient (Wildman–Crippen LogP) is 2.35. The highest BCUT2D eigenvalue weighted by molar-refractivity contribution is 7.55. The van der Waals surface area contributed by atoms with Crippen LogP contribution in [-0.2, 0) is 15.7 Å². The number of aryl methyl sites for hydroxylation is 1. The second-order valence-corrected chi connectivity index (χ2v) is 6.14. The van der Waals surface area contributed by atoms with Crippen LogP contribution in [0.2, 0.25) is 0 Å². The number of hydrogen-bond acceptors (Lipinski definition) is 3. The Kier molecular flexibility index (Phi) is 3.07. The molecule has 0 aliphatic rings. The zero-order valence-electron chi connectivity index (χ0n) is 7.11. The summed E-state index contributed by atoms with van der Waals surface area (Å²) in [4.78, 5) is 2.27. The molecule has 0 aromatic carbocycles. The van der Waals surface area contributed by atoms with Crippen molar-refractivity contribution in [3.05, 3.63) is 21.9 Å². The van der Waals surface area contributed by atoms with Gasteiger partial charge in [-0.1, -0.05) is 0 Å². The van der Waals surface area contributed by atoms with Crippen LogP contribution in [0.1, 0.15) is 9.75 Å². The van der Waals surface area contributed by atoms with Crippen LogP contribution in [0.4, 0.5) is 0 Å². The average molecular weight is 205 g/mol. The first-order chi connectivity index (χ1) is 5.47. The molecule has 68 valence electrons. The van der Waals surface area contributed by atoms with Gasteiger partial charge in [0.1, 0.15) is 0 Å². The van der Waals surface area contributed by atoms with E-state index in [4.69, 9.17) is 10.0 Å². The Bertz CT molecular complexity index is 304. The molecule has 12 heavy (non-hydrogen) atoms. The largest absolute Gasteiger partial charge is 0.312 e. The van der Waals surface area contributed by atoms with E-state index in [1.54, 1.807) is 11.3 Å². The summed E-state index contributed by atoms with van der Waals surface area (Å²) >= 11 is 1.63. The van der Waals surface area contributed by atoms with Crippen LogP contribution in [0.3, 0.4) is 0 Å². The zero-order chi connectivity index (χ0) is 9.19. The number of rotatable bonds is 3. The van der Waals surface area contributed by atoms with Crippen molar-refractivity contribution in [3.8, 4) is 0 Å². The average Bonchev–Trinajstić information content (AvgIpc) is 2.30. The summed E-state index contributed by atoms with van der Waals surface area (Å²) < 4.78 is 15.9. The summed E-state index contributed by atoms with van der Waals surface area (Å²) in [5.74, 6) is 0. The quantitative estimate of drug-likeness (QED) is 0.770. The number of hydrogen-bond donors (Lipinski definition) is 1. The number of nitrogens with two attached hydrogens (primary N) is 1. The van der Waals surface area contributed by atoms with E-state index in [9.17, 15) is 4.57 Å². The van der Waals surface area contributed by atoms with E-state index < -0.39 is 7.52 Å². The molecule has 0 aliphatic carbocycles. The fourth-order valence-corrected chi connectivity index (χ4v) is 2.04. The Hall–Kier alpha value is -0.150. The molecule has 0 aliphatic heterocycles. The van der Waals surface area contributed by atoms with Gasteiger partial charge in [-0.3, -0.25) is 10.1 Å². The molecule has 2 N–H and O–H groups in total. The monoisotopic (exact) mass is 205 g/mol. The van der Waals surface area contributed by atoms with Crippen molar-refractivity contribution in [1.82, 2.24) is 0 Å². The lowest BCUT2D eigenvalue weighted by Gasteiger charge is -2.05. The third-order valence-corrected chi connectivity index (χ3v) is 2.88. The van der Waals surface area contributed by atoms with E-state index in [2.05, 4.69) is 0 Å². The van der Waals surface area contributed by atoms with Gasteiger partial charge in [-0.25, -0.2) is 0 Å². The van der Waals surface area contributed by atoms with Crippen molar-refractivity contribution >= 4 is 18.9 Å². The van der Waals surface area contributed by atoms with E-state index in [0.29, 0.717) is 6.61 Å². The summed E-state index contributed by atoms with van der Waals surface area (Å²) in [7, 11) is -2.82. The van der Waals surface area contributed by atoms with Crippen LogP contribution in [0, 0.1) is 6.92 Å². The molecule has 0 radical (unpaired) electrons. The van der Waals surface area contributed by atoms with E-state index in [1.807, 2.05) is 19.1 Å². The van der Waals surface area contributed by atoms with Gasteiger partial charge in [0.15, 0.2) is 0 Å². The maximum atomic E-state index is 11.0. The lowest BCUT2D eigenvalue weighted by Crippen LogP contribution is -1.96. The van der Waals surface area contributed by atoms with E-state index >= 15 is 0 Å². The van der Waals surface area contributed by atoms with Crippen LogP contribution in [0.25, 0.3) is 0 Å². The van der Waals surface area contributed by atoms with Crippen molar-refractivity contribution in [2.24, 2.45) is 5.50 Å². The fraction of sp³-hybridized carbons (Fsp3) is 0.429. The molecular weight excluding hydrogens is 193 g/mol. The van der Waals surface area contributed by atoms with Crippen LogP contribution < -0.4 is 5.50 Å². The van der Waals surface area contributed by atoms with Gasteiger partial charge in [-0.15, -0.1) is 11.3 Å². The summed E-state index contributed by atoms with van der Waals surface area (Å²) in [5.41, 5.74) is 5.23. The SMILES string of the molecule is Cc1ccc(COP(C)(N)=O)s1. The summed E-state index contributed by atoms with van der Waals surface area (Å²) in [6, 6.07) is 3.95. The molecule has 0 saturated heterocycles. The second-order valence-electron chi connectivity index (χ2n) is 2.69. The maximum Gasteiger partial charge on any atom is 0.264 e. The normalized spacial score (nSPS) is 15.9. The molecule has 1 unspecified atom stereocenters. The molecule has 0 spiro atoms. The van der Waals surface area contributed by atoms with Crippen LogP contribution in [0.5, 0.6) is 0 Å². The zero-order valence-corrected chi connectivity index (χ0v) is 8.82. The lowest BCUT2D eigenvalue weighted by atomic mass is 10.4. The Morgan fingerprint density at radius 1 is 1.67 bits per heavy atom. The third-order valence-electron chi connectivity index (χ3n) is 1.26. The molecule has 1 rings (SSSR count). The van der Waals surface area contributed by atoms with E-state index in [0.717, 1.165) is 4.88 Å². The van der Waals surface area contributed by atoms with Gasteiger partial charge in [0.25, 0.3) is 7.52 Å². The van der Waals surface area contributed by atoms with Crippen molar-refractivity contribution in [3.63, 3.8) is 0 Å². The third kappa shape index (κ3) is 3.50. The van der Waals surface area contributed by atoms with Crippen molar-refractivity contribution in [1.29, 1.82) is 0 Å². The molecule has 0 saturated carbocycles. The first-order valence-electron chi connectivity index (χ1n) is 3.53. The highest BCUT2D eigenvalue weighted by Gasteiger charge is 2.08. The van der Waals surface area contributed by atoms with Gasteiger partial charge in [-0.2, -0.15) is 0 Å². The first-order valence-corrected chi connectivity index (χ1v) is 6.49. The molecule has 1 heterocycles. The molecule has 0 amide bonds. The maximum absolute atomic E-state index is 11.0. The molecule has 1 atom stereocenters. The van der Waals surface area contributed by atoms with Crippen LogP contribution in [-0.4, -0.2) is 6.66 Å². The molecule has 5 heteroatoms. The first kappa shape index (κ1) is 9.93. The standard InChI is InChI=1S/C7H12NO2PS/c1-6-3-4-7(12-6)5-10-11(2,8)9/h3-4H,5H2,1-2H3,(H2,8,9). The molecule has 1 aromatic heterocycles. The Morgan fingerprint density at radius 2 is 2.33 bits per heavy atom. The van der Waals surface area contributed by atoms with Gasteiger partial charge in [-0.05, 0) is 19.1 Å². The lowest BCUT2D eigenvalue weighted by molar-refractivity contribution is 0.310. The Morgan fingerprint density at radius 3 is 2.75 bits per heavy atom. The smallest absolute Gasteiger partial charge is 0.264 e. The minimum Gasteiger partial charge on any atom is -0.312 e. The highest BCUT2D eigenvalue weighted by Crippen LogP contribution is 2.34. The van der Waals surface area contributed by atoms with Gasteiger partial charge in [0.2, 0.25) is 0 Å². The van der Waals surface area contributed by atoms with Gasteiger partial charge >= 0.3 is 0 Å². The number of thiophene rings is 1. The molecule has 1 aromatic rings. The highest BCUT2D eigenvalue weighted by atomic mass is 32.1. The van der Waals surface area contributed by atoms with Gasteiger partial charge in [0.05, 0.1) is 6.61 Å². The van der Waals surface area contributed by atoms with E-state index in [-0.39, 0.29) is 0 Å². The van der Waals surface area contributed by atoms with E-state index in [1.165, 1.54) is 11.5 Å². The molecule has 3 nitrogen and oxygen atoms in total. The van der Waals surface area contributed by atoms with Crippen LogP contribution >= 0.6 is 18.9 Å². The summed E-state index contributed by atoms with van der Waals surface area (Å²) in [6.45, 7) is 3.78. The predicted molar refractivity (Wildman–Crippen MR) is 51.6 cm³/mol. The minimum absolute atomic E-state index is 0.350. The van der Waals surface area contributed by atoms with Crippen molar-refractivity contribution in [2.45, 2.75) is 13.5 Å². The Labute approximate surface area is 76.1 Å². The van der Waals surface area contributed by atoms with Gasteiger partial charge in [0, 0.05) is 16.4 Å².